The van der Waals surface area contributed by atoms with Gasteiger partial charge in [0.2, 0.25) is 0 Å². The van der Waals surface area contributed by atoms with Crippen molar-refractivity contribution in [3.8, 4) is 11.8 Å². The van der Waals surface area contributed by atoms with E-state index in [2.05, 4.69) is 26.5 Å². The molecule has 0 amide bonds. The van der Waals surface area contributed by atoms with E-state index in [1.165, 1.54) is 0 Å². The quantitative estimate of drug-likeness (QED) is 0.438. The first kappa shape index (κ1) is 23.3. The summed E-state index contributed by atoms with van der Waals surface area (Å²) >= 11 is 6.09. The molecule has 1 saturated carbocycles. The lowest BCUT2D eigenvalue weighted by Gasteiger charge is -2.31. The Hall–Kier alpha value is -2.89. The second kappa shape index (κ2) is 10.8. The molecule has 1 aromatic carbocycles. The summed E-state index contributed by atoms with van der Waals surface area (Å²) in [6.07, 6.45) is 5.54. The number of nitrogens with zero attached hydrogens (tertiary/aromatic N) is 4. The average Bonchev–Trinajstić information content (AvgIpc) is 2.85. The third-order valence-electron chi connectivity index (χ3n) is 6.49. The van der Waals surface area contributed by atoms with Crippen molar-refractivity contribution in [2.24, 2.45) is 5.92 Å². The van der Waals surface area contributed by atoms with Crippen LogP contribution in [0.25, 0.3) is 0 Å². The van der Waals surface area contributed by atoms with Crippen molar-refractivity contribution in [3.63, 3.8) is 0 Å². The fourth-order valence-corrected chi connectivity index (χ4v) is 4.64. The zero-order valence-corrected chi connectivity index (χ0v) is 19.3. The Kier molecular flexibility index (Phi) is 7.63. The van der Waals surface area contributed by atoms with Gasteiger partial charge in [0.15, 0.2) is 5.82 Å². The van der Waals surface area contributed by atoms with Crippen molar-refractivity contribution >= 4 is 23.3 Å². The summed E-state index contributed by atoms with van der Waals surface area (Å²) in [5.74, 6) is 2.17. The topological polar surface area (TPSA) is 118 Å². The van der Waals surface area contributed by atoms with Gasteiger partial charge in [-0.25, -0.2) is 0 Å². The van der Waals surface area contributed by atoms with E-state index in [9.17, 15) is 5.11 Å². The molecule has 1 aromatic heterocycles. The Morgan fingerprint density at radius 1 is 1.15 bits per heavy atom. The molecule has 2 fully saturated rings. The van der Waals surface area contributed by atoms with Gasteiger partial charge in [-0.05, 0) is 68.7 Å². The summed E-state index contributed by atoms with van der Waals surface area (Å²) in [6, 6.07) is 11.2. The second-order valence-corrected chi connectivity index (χ2v) is 9.16. The van der Waals surface area contributed by atoms with Crippen LogP contribution in [0.1, 0.15) is 49.8 Å². The van der Waals surface area contributed by atoms with Crippen LogP contribution in [-0.4, -0.2) is 53.0 Å². The minimum Gasteiger partial charge on any atom is -0.490 e. The molecular formula is C24H29ClN6O2. The number of halogens is 1. The van der Waals surface area contributed by atoms with Crippen LogP contribution in [0.4, 0.5) is 5.82 Å². The molecule has 0 atom stereocenters. The second-order valence-electron chi connectivity index (χ2n) is 8.75. The number of ether oxygens (including phenoxy) is 1. The summed E-state index contributed by atoms with van der Waals surface area (Å²) in [7, 11) is 0. The zero-order chi connectivity index (χ0) is 23.2. The van der Waals surface area contributed by atoms with Gasteiger partial charge in [-0.3, -0.25) is 5.41 Å². The van der Waals surface area contributed by atoms with Gasteiger partial charge in [-0.15, -0.1) is 10.2 Å². The smallest absolute Gasteiger partial charge is 0.151 e. The zero-order valence-electron chi connectivity index (χ0n) is 18.5. The van der Waals surface area contributed by atoms with Crippen LogP contribution in [0.3, 0.4) is 0 Å². The maximum absolute atomic E-state index is 9.29. The molecule has 8 nitrogen and oxygen atoms in total. The number of benzene rings is 1. The summed E-state index contributed by atoms with van der Waals surface area (Å²) in [4.78, 5) is 2.18. The van der Waals surface area contributed by atoms with E-state index >= 15 is 0 Å². The van der Waals surface area contributed by atoms with Gasteiger partial charge in [-0.1, -0.05) is 11.6 Å². The molecule has 9 heteroatoms. The first-order chi connectivity index (χ1) is 16.1. The van der Waals surface area contributed by atoms with Crippen LogP contribution < -0.4 is 15.0 Å². The number of hydrogen-bond acceptors (Lipinski definition) is 7. The Morgan fingerprint density at radius 2 is 1.91 bits per heavy atom. The van der Waals surface area contributed by atoms with E-state index in [4.69, 9.17) is 27.0 Å². The van der Waals surface area contributed by atoms with Crippen molar-refractivity contribution in [2.45, 2.75) is 50.7 Å². The summed E-state index contributed by atoms with van der Waals surface area (Å²) in [5.41, 5.74) is 0.979. The number of piperidine rings is 1. The van der Waals surface area contributed by atoms with Crippen molar-refractivity contribution in [3.05, 3.63) is 46.6 Å². The van der Waals surface area contributed by atoms with E-state index in [-0.39, 0.29) is 24.6 Å². The summed E-state index contributed by atoms with van der Waals surface area (Å²) < 4.78 is 6.04. The van der Waals surface area contributed by atoms with Gasteiger partial charge >= 0.3 is 0 Å². The molecule has 0 radical (unpaired) electrons. The lowest BCUT2D eigenvalue weighted by atomic mass is 9.92. The number of aliphatic hydroxyl groups excluding tert-OH is 1. The van der Waals surface area contributed by atoms with Gasteiger partial charge in [0.25, 0.3) is 0 Å². The van der Waals surface area contributed by atoms with Gasteiger partial charge in [-0.2, -0.15) is 5.26 Å². The molecule has 4 rings (SSSR count). The molecule has 2 aromatic rings. The highest BCUT2D eigenvalue weighted by atomic mass is 35.5. The standard InChI is InChI=1S/C24H29ClN6O2/c25-21-13-20(4-1-17(21)14-26)33-19-5-2-18(3-6-19)28-24(27)22-7-8-23(30-29-22)31-11-9-16(15-32)10-12-31/h1,4,7-8,13,16,18-19,32H,2-3,5-6,9-12,15H2,(H2,27,28)/t18-,19-. The number of aliphatic hydroxyl groups is 1. The molecular weight excluding hydrogens is 440 g/mol. The molecule has 3 N–H and O–H groups in total. The highest BCUT2D eigenvalue weighted by Gasteiger charge is 2.24. The third-order valence-corrected chi connectivity index (χ3v) is 6.80. The number of aromatic nitrogens is 2. The van der Waals surface area contributed by atoms with Gasteiger partial charge < -0.3 is 20.1 Å². The van der Waals surface area contributed by atoms with E-state index < -0.39 is 0 Å². The van der Waals surface area contributed by atoms with Gasteiger partial charge in [0.05, 0.1) is 16.7 Å². The molecule has 0 bridgehead atoms. The largest absolute Gasteiger partial charge is 0.490 e. The van der Waals surface area contributed by atoms with Crippen LogP contribution in [0, 0.1) is 22.7 Å². The minimum absolute atomic E-state index is 0.0929. The first-order valence-electron chi connectivity index (χ1n) is 11.5. The maximum Gasteiger partial charge on any atom is 0.151 e. The third kappa shape index (κ3) is 5.92. The summed E-state index contributed by atoms with van der Waals surface area (Å²) in [6.45, 7) is 1.99. The van der Waals surface area contributed by atoms with Crippen LogP contribution in [0.2, 0.25) is 5.02 Å². The fraction of sp³-hybridized carbons (Fsp3) is 0.500. The molecule has 33 heavy (non-hydrogen) atoms. The SMILES string of the molecule is N#Cc1ccc(O[C@H]2CC[C@H](NC(=N)c3ccc(N4CCC(CO)CC4)nn3)CC2)cc1Cl. The van der Waals surface area contributed by atoms with E-state index in [0.717, 1.165) is 57.4 Å². The predicted molar refractivity (Wildman–Crippen MR) is 127 cm³/mol. The molecule has 2 heterocycles. The Balaban J connectivity index is 1.24. The van der Waals surface area contributed by atoms with Crippen molar-refractivity contribution < 1.29 is 9.84 Å². The minimum atomic E-state index is 0.0929. The number of hydrogen-bond donors (Lipinski definition) is 3. The van der Waals surface area contributed by atoms with Crippen molar-refractivity contribution in [2.75, 3.05) is 24.6 Å². The van der Waals surface area contributed by atoms with Gasteiger partial charge in [0, 0.05) is 31.8 Å². The summed E-state index contributed by atoms with van der Waals surface area (Å²) in [5, 5.41) is 39.0. The number of amidine groups is 1. The van der Waals surface area contributed by atoms with E-state index in [1.807, 2.05) is 12.1 Å². The molecule has 1 aliphatic carbocycles. The lowest BCUT2D eigenvalue weighted by molar-refractivity contribution is 0.143. The number of rotatable bonds is 6. The highest BCUT2D eigenvalue weighted by molar-refractivity contribution is 6.31. The molecule has 1 aliphatic heterocycles. The Bertz CT molecular complexity index is 993. The lowest BCUT2D eigenvalue weighted by Crippen LogP contribution is -2.40. The molecule has 0 unspecified atom stereocenters. The number of anilines is 1. The predicted octanol–water partition coefficient (Wildman–Crippen LogP) is 3.52. The normalized spacial score (nSPS) is 21.3. The monoisotopic (exact) mass is 468 g/mol. The molecule has 2 aliphatic rings. The van der Waals surface area contributed by atoms with Crippen molar-refractivity contribution in [1.82, 2.24) is 15.5 Å². The molecule has 1 saturated heterocycles. The van der Waals surface area contributed by atoms with E-state index in [0.29, 0.717) is 27.9 Å². The van der Waals surface area contributed by atoms with Gasteiger partial charge in [0.1, 0.15) is 23.3 Å². The average molecular weight is 469 g/mol. The van der Waals surface area contributed by atoms with Crippen molar-refractivity contribution in [1.29, 1.82) is 10.7 Å². The molecule has 174 valence electrons. The highest BCUT2D eigenvalue weighted by Crippen LogP contribution is 2.27. The Morgan fingerprint density at radius 3 is 2.52 bits per heavy atom. The van der Waals surface area contributed by atoms with E-state index in [1.54, 1.807) is 18.2 Å². The van der Waals surface area contributed by atoms with Crippen LogP contribution in [0.5, 0.6) is 5.75 Å². The number of nitriles is 1. The number of nitrogens with one attached hydrogen (secondary N) is 2. The Labute approximate surface area is 199 Å². The van der Waals surface area contributed by atoms with Crippen LogP contribution in [-0.2, 0) is 0 Å². The first-order valence-corrected chi connectivity index (χ1v) is 11.8. The fourth-order valence-electron chi connectivity index (χ4n) is 4.43. The maximum atomic E-state index is 9.29. The van der Waals surface area contributed by atoms with Crippen LogP contribution >= 0.6 is 11.6 Å². The molecule has 0 spiro atoms. The van der Waals surface area contributed by atoms with Crippen LogP contribution in [0.15, 0.2) is 30.3 Å².